The van der Waals surface area contributed by atoms with Crippen molar-refractivity contribution in [1.29, 1.82) is 0 Å². The lowest BCUT2D eigenvalue weighted by atomic mass is 9.48. The van der Waals surface area contributed by atoms with Crippen LogP contribution in [0.4, 0.5) is 4.79 Å². The van der Waals surface area contributed by atoms with Gasteiger partial charge in [-0.1, -0.05) is 0 Å². The van der Waals surface area contributed by atoms with Gasteiger partial charge in [0.1, 0.15) is 0 Å². The highest BCUT2D eigenvalue weighted by Gasteiger charge is 2.56. The number of carbonyl (C=O) groups excluding carboxylic acids is 2. The zero-order chi connectivity index (χ0) is 13.2. The third-order valence-corrected chi connectivity index (χ3v) is 6.11. The average molecular weight is 262 g/mol. The second-order valence-corrected chi connectivity index (χ2v) is 7.41. The molecule has 1 aliphatic heterocycles. The predicted molar refractivity (Wildman–Crippen MR) is 70.3 cm³/mol. The lowest BCUT2D eigenvalue weighted by Gasteiger charge is -2.58. The first kappa shape index (κ1) is 11.7. The van der Waals surface area contributed by atoms with E-state index in [4.69, 9.17) is 0 Å². The second-order valence-electron chi connectivity index (χ2n) is 7.41. The Kier molecular flexibility index (Phi) is 2.31. The molecule has 1 saturated heterocycles. The van der Waals surface area contributed by atoms with Gasteiger partial charge in [-0.25, -0.2) is 4.79 Å². The molecule has 5 fully saturated rings. The Labute approximate surface area is 113 Å². The first-order chi connectivity index (χ1) is 9.06. The molecule has 4 saturated carbocycles. The van der Waals surface area contributed by atoms with Crippen LogP contribution in [-0.2, 0) is 4.79 Å². The third-order valence-electron chi connectivity index (χ3n) is 6.11. The van der Waals surface area contributed by atoms with Gasteiger partial charge in [0.15, 0.2) is 0 Å². The van der Waals surface area contributed by atoms with Crippen LogP contribution in [0.25, 0.3) is 0 Å². The maximum Gasteiger partial charge on any atom is 0.324 e. The van der Waals surface area contributed by atoms with Crippen molar-refractivity contribution < 1.29 is 9.59 Å². The van der Waals surface area contributed by atoms with Crippen LogP contribution >= 0.6 is 0 Å². The summed E-state index contributed by atoms with van der Waals surface area (Å²) in [6.45, 7) is 2.09. The summed E-state index contributed by atoms with van der Waals surface area (Å²) in [5, 5.41) is 3.11. The van der Waals surface area contributed by atoms with Crippen molar-refractivity contribution in [1.82, 2.24) is 10.2 Å². The van der Waals surface area contributed by atoms with Crippen LogP contribution in [0.5, 0.6) is 0 Å². The number of hydrogen-bond donors (Lipinski definition) is 1. The molecule has 0 radical (unpaired) electrons. The Morgan fingerprint density at radius 3 is 2.11 bits per heavy atom. The molecule has 4 heteroatoms. The highest BCUT2D eigenvalue weighted by atomic mass is 16.2. The number of nitrogens with one attached hydrogen (secondary N) is 1. The number of urea groups is 1. The van der Waals surface area contributed by atoms with Crippen molar-refractivity contribution in [3.63, 3.8) is 0 Å². The lowest BCUT2D eigenvalue weighted by molar-refractivity contribution is -0.126. The smallest absolute Gasteiger partial charge is 0.324 e. The first-order valence-electron chi connectivity index (χ1n) is 7.64. The van der Waals surface area contributed by atoms with Crippen molar-refractivity contribution >= 4 is 11.9 Å². The summed E-state index contributed by atoms with van der Waals surface area (Å²) < 4.78 is 0. The minimum atomic E-state index is -0.173. The van der Waals surface area contributed by atoms with E-state index in [9.17, 15) is 9.59 Å². The Morgan fingerprint density at radius 1 is 1.16 bits per heavy atom. The lowest BCUT2D eigenvalue weighted by Crippen LogP contribution is -2.55. The SMILES string of the molecule is CC(=O)N1C[C@H](C23CC4CC(CC(C4)C2)C3)NC1=O. The molecule has 0 aromatic rings. The molecule has 5 rings (SSSR count). The molecular formula is C15H22N2O2. The molecule has 4 bridgehead atoms. The normalized spacial score (nSPS) is 47.6. The maximum absolute atomic E-state index is 11.9. The quantitative estimate of drug-likeness (QED) is 0.787. The molecule has 104 valence electrons. The van der Waals surface area contributed by atoms with Crippen LogP contribution in [0.1, 0.15) is 45.4 Å². The van der Waals surface area contributed by atoms with Crippen LogP contribution < -0.4 is 5.32 Å². The minimum absolute atomic E-state index is 0.121. The van der Waals surface area contributed by atoms with E-state index in [-0.39, 0.29) is 18.0 Å². The number of imide groups is 1. The van der Waals surface area contributed by atoms with Crippen LogP contribution in [0, 0.1) is 23.2 Å². The maximum atomic E-state index is 11.9. The van der Waals surface area contributed by atoms with E-state index in [1.807, 2.05) is 0 Å². The number of amides is 3. The third kappa shape index (κ3) is 1.65. The van der Waals surface area contributed by atoms with Gasteiger partial charge in [0.2, 0.25) is 5.91 Å². The molecule has 0 unspecified atom stereocenters. The van der Waals surface area contributed by atoms with Gasteiger partial charge in [-0.3, -0.25) is 9.69 Å². The van der Waals surface area contributed by atoms with Crippen molar-refractivity contribution in [2.45, 2.75) is 51.5 Å². The number of hydrogen-bond acceptors (Lipinski definition) is 2. The summed E-state index contributed by atoms with van der Waals surface area (Å²) in [4.78, 5) is 24.8. The monoisotopic (exact) mass is 262 g/mol. The summed E-state index contributed by atoms with van der Waals surface area (Å²) in [5.41, 5.74) is 0.300. The van der Waals surface area contributed by atoms with Crippen LogP contribution in [0.15, 0.2) is 0 Å². The van der Waals surface area contributed by atoms with Crippen molar-refractivity contribution in [3.8, 4) is 0 Å². The topological polar surface area (TPSA) is 49.4 Å². The van der Waals surface area contributed by atoms with E-state index in [2.05, 4.69) is 5.32 Å². The number of carbonyl (C=O) groups is 2. The zero-order valence-electron chi connectivity index (χ0n) is 11.5. The molecule has 1 heterocycles. The van der Waals surface area contributed by atoms with Gasteiger partial charge in [0.05, 0.1) is 12.6 Å². The Balaban J connectivity index is 1.59. The molecule has 4 aliphatic carbocycles. The fourth-order valence-electron chi connectivity index (χ4n) is 5.76. The average Bonchev–Trinajstić information content (AvgIpc) is 2.70. The van der Waals surface area contributed by atoms with E-state index in [1.54, 1.807) is 0 Å². The van der Waals surface area contributed by atoms with Crippen molar-refractivity contribution in [2.75, 3.05) is 6.54 Å². The largest absolute Gasteiger partial charge is 0.333 e. The summed E-state index contributed by atoms with van der Waals surface area (Å²) in [7, 11) is 0. The van der Waals surface area contributed by atoms with Crippen LogP contribution in [-0.4, -0.2) is 29.4 Å². The standard InChI is InChI=1S/C15H22N2O2/c1-9(18)17-8-13(16-14(17)19)15-5-10-2-11(6-15)4-12(3-10)7-15/h10-13H,2-8H2,1H3,(H,16,19)/t10?,11?,12?,13-,15?/m1/s1. The van der Waals surface area contributed by atoms with Gasteiger partial charge in [-0.15, -0.1) is 0 Å². The van der Waals surface area contributed by atoms with E-state index in [0.717, 1.165) is 17.8 Å². The highest BCUT2D eigenvalue weighted by molar-refractivity contribution is 5.95. The zero-order valence-corrected chi connectivity index (χ0v) is 11.5. The predicted octanol–water partition coefficient (Wildman–Crippen LogP) is 2.14. The Morgan fingerprint density at radius 2 is 1.68 bits per heavy atom. The molecule has 0 aromatic heterocycles. The number of nitrogens with zero attached hydrogens (tertiary/aromatic N) is 1. The molecule has 1 N–H and O–H groups in total. The Bertz CT molecular complexity index is 410. The van der Waals surface area contributed by atoms with E-state index >= 15 is 0 Å². The van der Waals surface area contributed by atoms with Crippen molar-refractivity contribution in [2.24, 2.45) is 23.2 Å². The number of rotatable bonds is 1. The minimum Gasteiger partial charge on any atom is -0.333 e. The molecule has 0 spiro atoms. The summed E-state index contributed by atoms with van der Waals surface area (Å²) in [6.07, 6.45) is 8.06. The van der Waals surface area contributed by atoms with Gasteiger partial charge in [-0.2, -0.15) is 0 Å². The summed E-state index contributed by atoms with van der Waals surface area (Å²) in [5.74, 6) is 2.53. The highest BCUT2D eigenvalue weighted by Crippen LogP contribution is 2.61. The fourth-order valence-corrected chi connectivity index (χ4v) is 5.76. The first-order valence-corrected chi connectivity index (χ1v) is 7.64. The van der Waals surface area contributed by atoms with Gasteiger partial charge < -0.3 is 5.32 Å². The molecule has 0 aromatic carbocycles. The Hall–Kier alpha value is -1.06. The fraction of sp³-hybridized carbons (Fsp3) is 0.867. The van der Waals surface area contributed by atoms with Crippen LogP contribution in [0.3, 0.4) is 0 Å². The molecule has 19 heavy (non-hydrogen) atoms. The molecule has 1 atom stereocenters. The van der Waals surface area contributed by atoms with Gasteiger partial charge in [0.25, 0.3) is 0 Å². The van der Waals surface area contributed by atoms with E-state index < -0.39 is 0 Å². The van der Waals surface area contributed by atoms with Crippen LogP contribution in [0.2, 0.25) is 0 Å². The van der Waals surface area contributed by atoms with Gasteiger partial charge >= 0.3 is 6.03 Å². The molecule has 5 aliphatic rings. The molecule has 4 nitrogen and oxygen atoms in total. The summed E-state index contributed by atoms with van der Waals surface area (Å²) in [6, 6.07) is 0.0329. The summed E-state index contributed by atoms with van der Waals surface area (Å²) >= 11 is 0. The molecular weight excluding hydrogens is 240 g/mol. The molecule has 3 amide bonds. The van der Waals surface area contributed by atoms with E-state index in [0.29, 0.717) is 12.0 Å². The van der Waals surface area contributed by atoms with Gasteiger partial charge in [0, 0.05) is 6.92 Å². The van der Waals surface area contributed by atoms with Gasteiger partial charge in [-0.05, 0) is 61.7 Å². The second kappa shape index (κ2) is 3.74. The van der Waals surface area contributed by atoms with Crippen molar-refractivity contribution in [3.05, 3.63) is 0 Å². The van der Waals surface area contributed by atoms with E-state index in [1.165, 1.54) is 50.3 Å².